The number of carboxylic acid groups (broad SMARTS) is 1. The van der Waals surface area contributed by atoms with E-state index in [4.69, 9.17) is 5.11 Å². The van der Waals surface area contributed by atoms with Gasteiger partial charge >= 0.3 is 6.09 Å². The first kappa shape index (κ1) is 8.26. The average molecular weight is 162 g/mol. The zero-order chi connectivity index (χ0) is 8.27. The van der Waals surface area contributed by atoms with Crippen LogP contribution in [0.2, 0.25) is 0 Å². The fourth-order valence-electron chi connectivity index (χ4n) is 1.13. The Labute approximate surface area is 63.8 Å². The maximum Gasteiger partial charge on any atom is 0.405 e. The molecule has 5 heteroatoms. The summed E-state index contributed by atoms with van der Waals surface area (Å²) in [5.41, 5.74) is 0. The summed E-state index contributed by atoms with van der Waals surface area (Å²) in [5, 5.41) is 13.3. The molecule has 0 unspecified atom stereocenters. The summed E-state index contributed by atoms with van der Waals surface area (Å²) in [7, 11) is 0. The van der Waals surface area contributed by atoms with Crippen molar-refractivity contribution in [3.8, 4) is 0 Å². The third-order valence-electron chi connectivity index (χ3n) is 1.71. The summed E-state index contributed by atoms with van der Waals surface area (Å²) in [6.45, 7) is 1.01. The van der Waals surface area contributed by atoms with Crippen LogP contribution < -0.4 is 10.6 Å². The predicted octanol–water partition coefficient (Wildman–Crippen LogP) is -0.0460. The van der Waals surface area contributed by atoms with Gasteiger partial charge in [-0.1, -0.05) is 0 Å². The highest BCUT2D eigenvalue weighted by Gasteiger charge is 2.25. The van der Waals surface area contributed by atoms with Gasteiger partial charge in [0, 0.05) is 6.54 Å². The Morgan fingerprint density at radius 2 is 2.45 bits per heavy atom. The second kappa shape index (κ2) is 3.52. The Morgan fingerprint density at radius 3 is 3.00 bits per heavy atom. The number of hydrogen-bond acceptors (Lipinski definition) is 2. The van der Waals surface area contributed by atoms with Crippen LogP contribution in [0.15, 0.2) is 0 Å². The van der Waals surface area contributed by atoms with Crippen molar-refractivity contribution in [2.24, 2.45) is 0 Å². The Hall–Kier alpha value is -0.840. The number of carbonyl (C=O) groups is 1. The third-order valence-corrected chi connectivity index (χ3v) is 1.71. The molecule has 2 atom stereocenters. The van der Waals surface area contributed by atoms with E-state index in [2.05, 4.69) is 10.6 Å². The van der Waals surface area contributed by atoms with Crippen LogP contribution in [0.3, 0.4) is 0 Å². The van der Waals surface area contributed by atoms with Crippen molar-refractivity contribution in [1.29, 1.82) is 0 Å². The smallest absolute Gasteiger partial charge is 0.405 e. The van der Waals surface area contributed by atoms with Gasteiger partial charge in [-0.25, -0.2) is 9.18 Å². The van der Waals surface area contributed by atoms with Crippen molar-refractivity contribution in [2.45, 2.75) is 18.6 Å². The number of hydrogen-bond donors (Lipinski definition) is 3. The molecule has 0 radical (unpaired) electrons. The first-order valence-electron chi connectivity index (χ1n) is 3.54. The number of alkyl halides is 1. The van der Waals surface area contributed by atoms with Gasteiger partial charge in [0.1, 0.15) is 6.17 Å². The monoisotopic (exact) mass is 162 g/mol. The summed E-state index contributed by atoms with van der Waals surface area (Å²) in [4.78, 5) is 10.1. The van der Waals surface area contributed by atoms with Crippen LogP contribution in [0, 0.1) is 0 Å². The largest absolute Gasteiger partial charge is 0.465 e. The molecule has 4 nitrogen and oxygen atoms in total. The summed E-state index contributed by atoms with van der Waals surface area (Å²) >= 11 is 0. The second-order valence-corrected chi connectivity index (χ2v) is 2.56. The van der Waals surface area contributed by atoms with E-state index in [9.17, 15) is 9.18 Å². The number of piperidine rings is 1. The molecule has 0 aromatic carbocycles. The van der Waals surface area contributed by atoms with Crippen LogP contribution in [-0.2, 0) is 0 Å². The lowest BCUT2D eigenvalue weighted by Crippen LogP contribution is -2.51. The van der Waals surface area contributed by atoms with E-state index in [1.807, 2.05) is 0 Å². The number of nitrogens with one attached hydrogen (secondary N) is 2. The Balaban J connectivity index is 2.35. The van der Waals surface area contributed by atoms with E-state index in [1.54, 1.807) is 0 Å². The van der Waals surface area contributed by atoms with E-state index in [0.29, 0.717) is 19.5 Å². The minimum Gasteiger partial charge on any atom is -0.465 e. The van der Waals surface area contributed by atoms with Crippen LogP contribution in [0.1, 0.15) is 6.42 Å². The molecule has 0 aliphatic carbocycles. The summed E-state index contributed by atoms with van der Waals surface area (Å²) < 4.78 is 12.8. The van der Waals surface area contributed by atoms with E-state index in [-0.39, 0.29) is 0 Å². The average Bonchev–Trinajstić information content (AvgIpc) is 1.93. The second-order valence-electron chi connectivity index (χ2n) is 2.56. The minimum absolute atomic E-state index is 0.380. The summed E-state index contributed by atoms with van der Waals surface area (Å²) in [6.07, 6.45) is -1.83. The van der Waals surface area contributed by atoms with Gasteiger partial charge in [-0.2, -0.15) is 0 Å². The molecule has 1 heterocycles. The molecule has 0 spiro atoms. The molecular weight excluding hydrogens is 151 g/mol. The van der Waals surface area contributed by atoms with Gasteiger partial charge in [0.25, 0.3) is 0 Å². The fourth-order valence-corrected chi connectivity index (χ4v) is 1.13. The van der Waals surface area contributed by atoms with Gasteiger partial charge in [0.15, 0.2) is 0 Å². The molecule has 1 aliphatic rings. The SMILES string of the molecule is O=C(O)N[C@H]1CNCC[C@@H]1F. The maximum atomic E-state index is 12.8. The molecule has 1 amide bonds. The number of halogens is 1. The number of amides is 1. The molecule has 1 rings (SSSR count). The van der Waals surface area contributed by atoms with E-state index >= 15 is 0 Å². The summed E-state index contributed by atoms with van der Waals surface area (Å²) in [6, 6.07) is -0.582. The topological polar surface area (TPSA) is 61.4 Å². The zero-order valence-electron chi connectivity index (χ0n) is 6.01. The lowest BCUT2D eigenvalue weighted by Gasteiger charge is -2.26. The standard InChI is InChI=1S/C6H11FN2O2/c7-4-1-2-8-3-5(4)9-6(10)11/h4-5,8-9H,1-3H2,(H,10,11)/t4-,5-/m0/s1. The normalized spacial score (nSPS) is 31.4. The highest BCUT2D eigenvalue weighted by atomic mass is 19.1. The molecule has 0 aromatic rings. The van der Waals surface area contributed by atoms with Crippen molar-refractivity contribution in [2.75, 3.05) is 13.1 Å². The van der Waals surface area contributed by atoms with Crippen LogP contribution >= 0.6 is 0 Å². The van der Waals surface area contributed by atoms with Crippen molar-refractivity contribution in [3.63, 3.8) is 0 Å². The van der Waals surface area contributed by atoms with E-state index in [1.165, 1.54) is 0 Å². The van der Waals surface area contributed by atoms with E-state index < -0.39 is 18.3 Å². The highest BCUT2D eigenvalue weighted by molar-refractivity contribution is 5.65. The van der Waals surface area contributed by atoms with Crippen LogP contribution in [0.4, 0.5) is 9.18 Å². The van der Waals surface area contributed by atoms with Gasteiger partial charge in [0.2, 0.25) is 0 Å². The van der Waals surface area contributed by atoms with Gasteiger partial charge < -0.3 is 15.7 Å². The first-order valence-corrected chi connectivity index (χ1v) is 3.54. The molecule has 64 valence electrons. The highest BCUT2D eigenvalue weighted by Crippen LogP contribution is 2.07. The molecule has 3 N–H and O–H groups in total. The zero-order valence-corrected chi connectivity index (χ0v) is 6.01. The van der Waals surface area contributed by atoms with Crippen molar-refractivity contribution >= 4 is 6.09 Å². The van der Waals surface area contributed by atoms with Crippen LogP contribution in [-0.4, -0.2) is 36.5 Å². The van der Waals surface area contributed by atoms with Crippen LogP contribution in [0.25, 0.3) is 0 Å². The summed E-state index contributed by atoms with van der Waals surface area (Å²) in [5.74, 6) is 0. The van der Waals surface area contributed by atoms with Crippen molar-refractivity contribution in [3.05, 3.63) is 0 Å². The Morgan fingerprint density at radius 1 is 1.73 bits per heavy atom. The molecule has 1 aliphatic heterocycles. The quantitative estimate of drug-likeness (QED) is 0.506. The van der Waals surface area contributed by atoms with E-state index in [0.717, 1.165) is 0 Å². The molecule has 0 saturated carbocycles. The van der Waals surface area contributed by atoms with Crippen LogP contribution in [0.5, 0.6) is 0 Å². The van der Waals surface area contributed by atoms with Gasteiger partial charge in [-0.15, -0.1) is 0 Å². The minimum atomic E-state index is -1.17. The predicted molar refractivity (Wildman–Crippen MR) is 37.3 cm³/mol. The fraction of sp³-hybridized carbons (Fsp3) is 0.833. The third kappa shape index (κ3) is 2.34. The molecular formula is C6H11FN2O2. The van der Waals surface area contributed by atoms with Crippen molar-refractivity contribution in [1.82, 2.24) is 10.6 Å². The molecule has 0 bridgehead atoms. The molecule has 1 fully saturated rings. The maximum absolute atomic E-state index is 12.8. The number of rotatable bonds is 1. The molecule has 0 aromatic heterocycles. The van der Waals surface area contributed by atoms with Crippen molar-refractivity contribution < 1.29 is 14.3 Å². The Kier molecular flexibility index (Phi) is 2.64. The molecule has 1 saturated heterocycles. The Bertz CT molecular complexity index is 154. The van der Waals surface area contributed by atoms with Gasteiger partial charge in [-0.05, 0) is 13.0 Å². The first-order chi connectivity index (χ1) is 5.20. The molecule has 11 heavy (non-hydrogen) atoms. The lowest BCUT2D eigenvalue weighted by molar-refractivity contribution is 0.162. The van der Waals surface area contributed by atoms with Gasteiger partial charge in [0.05, 0.1) is 6.04 Å². The van der Waals surface area contributed by atoms with Gasteiger partial charge in [-0.3, -0.25) is 0 Å². The lowest BCUT2D eigenvalue weighted by atomic mass is 10.1.